The molecule has 150 valence electrons. The first-order valence-electron chi connectivity index (χ1n) is 9.76. The average molecular weight is 391 g/mol. The third-order valence-corrected chi connectivity index (χ3v) is 5.47. The van der Waals surface area contributed by atoms with E-state index in [1.54, 1.807) is 32.0 Å². The summed E-state index contributed by atoms with van der Waals surface area (Å²) in [5.41, 5.74) is 4.54. The molecule has 3 aromatic rings. The van der Waals surface area contributed by atoms with E-state index in [9.17, 15) is 4.79 Å². The van der Waals surface area contributed by atoms with Crippen LogP contribution in [0.5, 0.6) is 11.5 Å². The molecular formula is C23H25N3O3. The Morgan fingerprint density at radius 3 is 2.76 bits per heavy atom. The van der Waals surface area contributed by atoms with Crippen LogP contribution in [-0.4, -0.2) is 29.9 Å². The van der Waals surface area contributed by atoms with Crippen LogP contribution >= 0.6 is 0 Å². The number of methoxy groups -OCH3 is 2. The number of carbonyl (C=O) groups excluding carboxylic acids is 1. The van der Waals surface area contributed by atoms with Gasteiger partial charge < -0.3 is 14.8 Å². The summed E-state index contributed by atoms with van der Waals surface area (Å²) in [5.74, 6) is 1.23. The highest BCUT2D eigenvalue weighted by Gasteiger charge is 2.24. The van der Waals surface area contributed by atoms with E-state index in [1.807, 2.05) is 24.3 Å². The van der Waals surface area contributed by atoms with Crippen LogP contribution in [0, 0.1) is 0 Å². The molecule has 0 spiro atoms. The predicted octanol–water partition coefficient (Wildman–Crippen LogP) is 3.91. The molecule has 1 heterocycles. The Bertz CT molecular complexity index is 1040. The molecule has 1 aliphatic rings. The van der Waals surface area contributed by atoms with Gasteiger partial charge in [0.25, 0.3) is 5.91 Å². The molecular weight excluding hydrogens is 366 g/mol. The number of fused-ring (bicyclic) bond motifs is 1. The van der Waals surface area contributed by atoms with Gasteiger partial charge in [-0.2, -0.15) is 5.10 Å². The van der Waals surface area contributed by atoms with E-state index in [4.69, 9.17) is 9.47 Å². The number of rotatable bonds is 5. The van der Waals surface area contributed by atoms with Crippen molar-refractivity contribution in [3.05, 3.63) is 65.4 Å². The molecule has 0 bridgehead atoms. The molecule has 1 aromatic heterocycles. The Labute approximate surface area is 170 Å². The summed E-state index contributed by atoms with van der Waals surface area (Å²) in [7, 11) is 5.00. The zero-order valence-electron chi connectivity index (χ0n) is 16.9. The summed E-state index contributed by atoms with van der Waals surface area (Å²) < 4.78 is 12.4. The first-order valence-corrected chi connectivity index (χ1v) is 9.76. The van der Waals surface area contributed by atoms with Crippen LogP contribution in [0.1, 0.15) is 40.5 Å². The topological polar surface area (TPSA) is 65.4 Å². The highest BCUT2D eigenvalue weighted by atomic mass is 16.5. The lowest BCUT2D eigenvalue weighted by Gasteiger charge is -2.26. The number of nitrogens with one attached hydrogen (secondary N) is 1. The lowest BCUT2D eigenvalue weighted by molar-refractivity contribution is 0.0923. The minimum Gasteiger partial charge on any atom is -0.497 e. The van der Waals surface area contributed by atoms with Gasteiger partial charge in [0.2, 0.25) is 0 Å². The third-order valence-electron chi connectivity index (χ3n) is 5.47. The average Bonchev–Trinajstić information content (AvgIpc) is 3.15. The van der Waals surface area contributed by atoms with Crippen molar-refractivity contribution >= 4 is 5.91 Å². The smallest absolute Gasteiger partial charge is 0.270 e. The number of aromatic nitrogens is 2. The predicted molar refractivity (Wildman–Crippen MR) is 111 cm³/mol. The van der Waals surface area contributed by atoms with Crippen LogP contribution in [0.2, 0.25) is 0 Å². The van der Waals surface area contributed by atoms with Crippen molar-refractivity contribution in [3.8, 4) is 22.8 Å². The molecule has 0 saturated heterocycles. The second-order valence-electron chi connectivity index (χ2n) is 7.22. The summed E-state index contributed by atoms with van der Waals surface area (Å²) >= 11 is 0. The molecule has 1 atom stereocenters. The fraction of sp³-hybridized carbons (Fsp3) is 0.304. The van der Waals surface area contributed by atoms with Gasteiger partial charge in [0.1, 0.15) is 17.2 Å². The van der Waals surface area contributed by atoms with Crippen molar-refractivity contribution in [1.82, 2.24) is 15.1 Å². The van der Waals surface area contributed by atoms with Crippen LogP contribution in [0.4, 0.5) is 0 Å². The quantitative estimate of drug-likeness (QED) is 0.716. The van der Waals surface area contributed by atoms with Crippen LogP contribution in [-0.2, 0) is 13.5 Å². The Hall–Kier alpha value is -3.28. The van der Waals surface area contributed by atoms with Gasteiger partial charge in [-0.15, -0.1) is 0 Å². The first-order chi connectivity index (χ1) is 14.1. The molecule has 6 nitrogen and oxygen atoms in total. The highest BCUT2D eigenvalue weighted by Crippen LogP contribution is 2.33. The number of hydrogen-bond acceptors (Lipinski definition) is 4. The van der Waals surface area contributed by atoms with Gasteiger partial charge in [0.05, 0.1) is 26.0 Å². The molecule has 1 N–H and O–H groups in total. The summed E-state index contributed by atoms with van der Waals surface area (Å²) in [6.07, 6.45) is 3.08. The highest BCUT2D eigenvalue weighted by molar-refractivity contribution is 5.94. The minimum atomic E-state index is -0.125. The van der Waals surface area contributed by atoms with Gasteiger partial charge in [-0.25, -0.2) is 0 Å². The van der Waals surface area contributed by atoms with Crippen LogP contribution in [0.3, 0.4) is 0 Å². The largest absolute Gasteiger partial charge is 0.497 e. The maximum atomic E-state index is 13.0. The van der Waals surface area contributed by atoms with Gasteiger partial charge in [-0.1, -0.05) is 24.3 Å². The maximum absolute atomic E-state index is 13.0. The minimum absolute atomic E-state index is 0.0290. The number of carbonyl (C=O) groups is 1. The van der Waals surface area contributed by atoms with E-state index in [2.05, 4.69) is 28.6 Å². The fourth-order valence-corrected chi connectivity index (χ4v) is 3.96. The van der Waals surface area contributed by atoms with E-state index >= 15 is 0 Å². The molecule has 2 aromatic carbocycles. The number of nitrogens with zero attached hydrogens (tertiary/aromatic N) is 2. The van der Waals surface area contributed by atoms with Gasteiger partial charge in [0, 0.05) is 18.7 Å². The molecule has 6 heteroatoms. The second kappa shape index (κ2) is 7.99. The van der Waals surface area contributed by atoms with Crippen LogP contribution in [0.25, 0.3) is 11.3 Å². The van der Waals surface area contributed by atoms with Gasteiger partial charge in [-0.05, 0) is 48.6 Å². The van der Waals surface area contributed by atoms with Crippen molar-refractivity contribution in [2.24, 2.45) is 7.05 Å². The lowest BCUT2D eigenvalue weighted by atomic mass is 9.87. The summed E-state index contributed by atoms with van der Waals surface area (Å²) in [6, 6.07) is 15.7. The van der Waals surface area contributed by atoms with E-state index in [-0.39, 0.29) is 11.9 Å². The number of hydrogen-bond donors (Lipinski definition) is 1. The second-order valence-corrected chi connectivity index (χ2v) is 7.22. The molecule has 1 amide bonds. The Morgan fingerprint density at radius 2 is 1.97 bits per heavy atom. The summed E-state index contributed by atoms with van der Waals surface area (Å²) in [5, 5.41) is 7.73. The van der Waals surface area contributed by atoms with Gasteiger partial charge >= 0.3 is 0 Å². The first kappa shape index (κ1) is 19.1. The zero-order chi connectivity index (χ0) is 20.4. The SMILES string of the molecule is COc1ccc(-c2cc(C(=O)NC3CCCc4ccccc43)n(C)n2)c(OC)c1. The van der Waals surface area contributed by atoms with Crippen LogP contribution < -0.4 is 14.8 Å². The van der Waals surface area contributed by atoms with Crippen molar-refractivity contribution < 1.29 is 14.3 Å². The van der Waals surface area contributed by atoms with Gasteiger partial charge in [0.15, 0.2) is 0 Å². The Kier molecular flexibility index (Phi) is 5.25. The lowest BCUT2D eigenvalue weighted by Crippen LogP contribution is -2.32. The number of amides is 1. The Balaban J connectivity index is 1.60. The maximum Gasteiger partial charge on any atom is 0.270 e. The van der Waals surface area contributed by atoms with Crippen molar-refractivity contribution in [1.29, 1.82) is 0 Å². The van der Waals surface area contributed by atoms with Crippen molar-refractivity contribution in [2.45, 2.75) is 25.3 Å². The third kappa shape index (κ3) is 3.70. The molecule has 0 fully saturated rings. The van der Waals surface area contributed by atoms with Crippen molar-refractivity contribution in [2.75, 3.05) is 14.2 Å². The molecule has 0 aliphatic heterocycles. The number of benzene rings is 2. The molecule has 1 aliphatic carbocycles. The van der Waals surface area contributed by atoms with Crippen LogP contribution in [0.15, 0.2) is 48.5 Å². The van der Waals surface area contributed by atoms with Crippen molar-refractivity contribution in [3.63, 3.8) is 0 Å². The van der Waals surface area contributed by atoms with E-state index in [0.29, 0.717) is 22.9 Å². The molecule has 0 saturated carbocycles. The number of ether oxygens (including phenoxy) is 2. The normalized spacial score (nSPS) is 15.5. The molecule has 1 unspecified atom stereocenters. The summed E-state index contributed by atoms with van der Waals surface area (Å²) in [4.78, 5) is 13.0. The molecule has 29 heavy (non-hydrogen) atoms. The van der Waals surface area contributed by atoms with E-state index in [0.717, 1.165) is 24.8 Å². The van der Waals surface area contributed by atoms with E-state index < -0.39 is 0 Å². The zero-order valence-corrected chi connectivity index (χ0v) is 16.9. The fourth-order valence-electron chi connectivity index (χ4n) is 3.96. The standard InChI is InChI=1S/C23H25N3O3/c1-26-21(14-20(25-26)18-12-11-16(28-2)13-22(18)29-3)23(27)24-19-10-6-8-15-7-4-5-9-17(15)19/h4-5,7,9,11-14,19H,6,8,10H2,1-3H3,(H,24,27). The van der Waals surface area contributed by atoms with E-state index in [1.165, 1.54) is 11.1 Å². The summed E-state index contributed by atoms with van der Waals surface area (Å²) in [6.45, 7) is 0. The molecule has 0 radical (unpaired) electrons. The Morgan fingerprint density at radius 1 is 1.14 bits per heavy atom. The monoisotopic (exact) mass is 391 g/mol. The number of aryl methyl sites for hydroxylation is 2. The van der Waals surface area contributed by atoms with Gasteiger partial charge in [-0.3, -0.25) is 9.48 Å². The molecule has 4 rings (SSSR count).